The molecule has 202 valence electrons. The molecule has 2 heterocycles. The first-order valence-corrected chi connectivity index (χ1v) is 13.3. The van der Waals surface area contributed by atoms with Gasteiger partial charge in [0.25, 0.3) is 5.91 Å². The van der Waals surface area contributed by atoms with E-state index in [0.717, 1.165) is 12.8 Å². The van der Waals surface area contributed by atoms with E-state index in [9.17, 15) is 19.1 Å². The third-order valence-electron chi connectivity index (χ3n) is 7.58. The minimum Gasteiger partial charge on any atom is -0.493 e. The Hall–Kier alpha value is -3.53. The predicted molar refractivity (Wildman–Crippen MR) is 140 cm³/mol. The Kier molecular flexibility index (Phi) is 7.34. The molecule has 4 atom stereocenters. The van der Waals surface area contributed by atoms with Crippen molar-refractivity contribution >= 4 is 22.8 Å². The molecular weight excluding hydrogens is 489 g/mol. The number of halogens is 1. The summed E-state index contributed by atoms with van der Waals surface area (Å²) >= 11 is 0. The minimum absolute atomic E-state index is 0.0343. The number of amides is 2. The fraction of sp³-hybridized carbons (Fsp3) is 0.500. The standard InChI is InChI=1S/C28H34FN5O4/c1-14-10-19(33-27(36)16(3)35)7-8-21(14)34-28(37)23-15(2)32-26-24(30-13-31-25(23)26)20-11-18(29)6-9-22(20)38-12-17-4-5-17/h6,9,11,13-14,16-17,19,21,32,35H,4-5,7-8,10,12H2,1-3H3,(H,33,36)(H,34,37)/t14?,16-,19?,21?/m0/s1. The highest BCUT2D eigenvalue weighted by atomic mass is 19.1. The molecule has 0 aliphatic heterocycles. The summed E-state index contributed by atoms with van der Waals surface area (Å²) in [6.07, 6.45) is 4.72. The van der Waals surface area contributed by atoms with Crippen molar-refractivity contribution in [2.24, 2.45) is 11.8 Å². The van der Waals surface area contributed by atoms with Gasteiger partial charge in [-0.2, -0.15) is 0 Å². The van der Waals surface area contributed by atoms with Crippen LogP contribution in [0.15, 0.2) is 24.5 Å². The number of fused-ring (bicyclic) bond motifs is 1. The Bertz CT molecular complexity index is 1350. The Balaban J connectivity index is 1.37. The average molecular weight is 524 g/mol. The minimum atomic E-state index is -1.05. The van der Waals surface area contributed by atoms with Crippen molar-refractivity contribution in [2.75, 3.05) is 6.61 Å². The summed E-state index contributed by atoms with van der Waals surface area (Å²) in [6, 6.07) is 4.28. The van der Waals surface area contributed by atoms with Gasteiger partial charge >= 0.3 is 0 Å². The van der Waals surface area contributed by atoms with E-state index >= 15 is 0 Å². The van der Waals surface area contributed by atoms with Gasteiger partial charge in [-0.1, -0.05) is 6.92 Å². The monoisotopic (exact) mass is 523 g/mol. The van der Waals surface area contributed by atoms with Gasteiger partial charge in [0, 0.05) is 23.3 Å². The Morgan fingerprint density at radius 2 is 2.00 bits per heavy atom. The lowest BCUT2D eigenvalue weighted by Gasteiger charge is -2.35. The number of ether oxygens (including phenoxy) is 1. The molecule has 2 fully saturated rings. The summed E-state index contributed by atoms with van der Waals surface area (Å²) in [6.45, 7) is 5.87. The number of aryl methyl sites for hydroxylation is 1. The van der Waals surface area contributed by atoms with Crippen molar-refractivity contribution < 1.29 is 23.8 Å². The smallest absolute Gasteiger partial charge is 0.255 e. The zero-order valence-corrected chi connectivity index (χ0v) is 21.9. The van der Waals surface area contributed by atoms with Crippen molar-refractivity contribution in [1.29, 1.82) is 0 Å². The van der Waals surface area contributed by atoms with Crippen LogP contribution >= 0.6 is 0 Å². The molecule has 2 aliphatic rings. The highest BCUT2D eigenvalue weighted by Crippen LogP contribution is 2.37. The predicted octanol–water partition coefficient (Wildman–Crippen LogP) is 3.65. The van der Waals surface area contributed by atoms with Crippen molar-refractivity contribution in [3.05, 3.63) is 41.6 Å². The molecule has 9 nitrogen and oxygen atoms in total. The van der Waals surface area contributed by atoms with E-state index in [-0.39, 0.29) is 29.8 Å². The molecule has 5 rings (SSSR count). The molecule has 0 spiro atoms. The number of carbonyl (C=O) groups is 2. The van der Waals surface area contributed by atoms with Gasteiger partial charge in [-0.25, -0.2) is 14.4 Å². The zero-order chi connectivity index (χ0) is 27.0. The summed E-state index contributed by atoms with van der Waals surface area (Å²) in [5.41, 5.74) is 3.07. The molecular formula is C28H34FN5O4. The summed E-state index contributed by atoms with van der Waals surface area (Å²) in [5.74, 6) is 0.181. The number of carbonyl (C=O) groups excluding carboxylic acids is 2. The van der Waals surface area contributed by atoms with Crippen molar-refractivity contribution in [1.82, 2.24) is 25.6 Å². The topological polar surface area (TPSA) is 129 Å². The van der Waals surface area contributed by atoms with Gasteiger partial charge in [-0.3, -0.25) is 9.59 Å². The maximum Gasteiger partial charge on any atom is 0.255 e. The summed E-state index contributed by atoms with van der Waals surface area (Å²) < 4.78 is 20.3. The molecule has 3 aromatic rings. The van der Waals surface area contributed by atoms with E-state index in [4.69, 9.17) is 4.74 Å². The van der Waals surface area contributed by atoms with Crippen LogP contribution in [0, 0.1) is 24.6 Å². The van der Waals surface area contributed by atoms with Crippen LogP contribution in [0.2, 0.25) is 0 Å². The van der Waals surface area contributed by atoms with Crippen molar-refractivity contribution in [3.8, 4) is 17.0 Å². The first-order chi connectivity index (χ1) is 18.2. The molecule has 2 saturated carbocycles. The van der Waals surface area contributed by atoms with Gasteiger partial charge in [-0.15, -0.1) is 0 Å². The highest BCUT2D eigenvalue weighted by Gasteiger charge is 2.32. The first-order valence-electron chi connectivity index (χ1n) is 13.3. The molecule has 3 unspecified atom stereocenters. The molecule has 2 aromatic heterocycles. The molecule has 10 heteroatoms. The second kappa shape index (κ2) is 10.7. The van der Waals surface area contributed by atoms with Gasteiger partial charge in [0.1, 0.15) is 35.2 Å². The van der Waals surface area contributed by atoms with Crippen LogP contribution < -0.4 is 15.4 Å². The van der Waals surface area contributed by atoms with E-state index in [1.54, 1.807) is 6.07 Å². The number of aromatic amines is 1. The third kappa shape index (κ3) is 5.50. The number of aliphatic hydroxyl groups is 1. The van der Waals surface area contributed by atoms with E-state index in [2.05, 4.69) is 25.6 Å². The van der Waals surface area contributed by atoms with Gasteiger partial charge in [0.05, 0.1) is 17.7 Å². The van der Waals surface area contributed by atoms with Crippen LogP contribution in [0.5, 0.6) is 5.75 Å². The fourth-order valence-electron chi connectivity index (χ4n) is 5.21. The molecule has 2 amide bonds. The SMILES string of the molecule is Cc1[nH]c2c(-c3cc(F)ccc3OCC3CC3)ncnc2c1C(=O)NC1CCC(NC(=O)[C@H](C)O)CC1C. The Labute approximate surface area is 220 Å². The lowest BCUT2D eigenvalue weighted by Crippen LogP contribution is -2.49. The van der Waals surface area contributed by atoms with Crippen molar-refractivity contribution in [2.45, 2.75) is 71.1 Å². The number of aromatic nitrogens is 3. The number of aliphatic hydroxyl groups excluding tert-OH is 1. The summed E-state index contributed by atoms with van der Waals surface area (Å²) in [5, 5.41) is 15.5. The molecule has 0 saturated heterocycles. The fourth-order valence-corrected chi connectivity index (χ4v) is 5.21. The number of benzene rings is 1. The molecule has 2 aliphatic carbocycles. The molecule has 0 radical (unpaired) electrons. The Morgan fingerprint density at radius 3 is 2.71 bits per heavy atom. The maximum absolute atomic E-state index is 14.3. The summed E-state index contributed by atoms with van der Waals surface area (Å²) in [4.78, 5) is 37.4. The van der Waals surface area contributed by atoms with E-state index in [1.165, 1.54) is 25.4 Å². The largest absolute Gasteiger partial charge is 0.493 e. The van der Waals surface area contributed by atoms with Crippen LogP contribution in [0.3, 0.4) is 0 Å². The number of H-pyrrole nitrogens is 1. The van der Waals surface area contributed by atoms with Crippen LogP contribution in [0.4, 0.5) is 4.39 Å². The molecule has 0 bridgehead atoms. The number of hydrogen-bond donors (Lipinski definition) is 4. The lowest BCUT2D eigenvalue weighted by molar-refractivity contribution is -0.129. The second-order valence-corrected chi connectivity index (χ2v) is 10.7. The van der Waals surface area contributed by atoms with Gasteiger partial charge in [-0.05, 0) is 76.0 Å². The number of nitrogens with zero attached hydrogens (tertiary/aromatic N) is 2. The van der Waals surface area contributed by atoms with Gasteiger partial charge in [0.15, 0.2) is 0 Å². The quantitative estimate of drug-likeness (QED) is 0.357. The van der Waals surface area contributed by atoms with Gasteiger partial charge < -0.3 is 25.5 Å². The van der Waals surface area contributed by atoms with Crippen LogP contribution in [0.1, 0.15) is 62.0 Å². The molecule has 4 N–H and O–H groups in total. The zero-order valence-electron chi connectivity index (χ0n) is 21.9. The average Bonchev–Trinajstić information content (AvgIpc) is 3.64. The molecule has 38 heavy (non-hydrogen) atoms. The number of rotatable bonds is 8. The van der Waals surface area contributed by atoms with Crippen LogP contribution in [-0.4, -0.2) is 56.7 Å². The summed E-state index contributed by atoms with van der Waals surface area (Å²) in [7, 11) is 0. The van der Waals surface area contributed by atoms with Crippen LogP contribution in [-0.2, 0) is 4.79 Å². The normalized spacial score (nSPS) is 22.2. The number of nitrogens with one attached hydrogen (secondary N) is 3. The van der Waals surface area contributed by atoms with Gasteiger partial charge in [0.2, 0.25) is 5.91 Å². The van der Waals surface area contributed by atoms with E-state index in [1.807, 2.05) is 13.8 Å². The van der Waals surface area contributed by atoms with E-state index < -0.39 is 11.9 Å². The molecule has 1 aromatic carbocycles. The highest BCUT2D eigenvalue weighted by molar-refractivity contribution is 6.09. The third-order valence-corrected chi connectivity index (χ3v) is 7.58. The maximum atomic E-state index is 14.3. The lowest BCUT2D eigenvalue weighted by atomic mass is 9.82. The first kappa shape index (κ1) is 26.1. The number of hydrogen-bond acceptors (Lipinski definition) is 6. The van der Waals surface area contributed by atoms with E-state index in [0.29, 0.717) is 71.1 Å². The van der Waals surface area contributed by atoms with Crippen LogP contribution in [0.25, 0.3) is 22.3 Å². The van der Waals surface area contributed by atoms with Crippen molar-refractivity contribution in [3.63, 3.8) is 0 Å². The Morgan fingerprint density at radius 1 is 1.21 bits per heavy atom. The second-order valence-electron chi connectivity index (χ2n) is 10.7.